The van der Waals surface area contributed by atoms with Crippen molar-refractivity contribution in [3.8, 4) is 0 Å². The molecule has 1 aliphatic carbocycles. The fourth-order valence-electron chi connectivity index (χ4n) is 1.96. The van der Waals surface area contributed by atoms with Crippen LogP contribution in [-0.2, 0) is 0 Å². The first-order valence-corrected chi connectivity index (χ1v) is 6.07. The van der Waals surface area contributed by atoms with Gasteiger partial charge in [-0.3, -0.25) is 0 Å². The molecule has 0 radical (unpaired) electrons. The summed E-state index contributed by atoms with van der Waals surface area (Å²) in [4.78, 5) is 0. The average molecular weight is 199 g/mol. The van der Waals surface area contributed by atoms with Crippen molar-refractivity contribution in [1.29, 1.82) is 0 Å². The molecule has 2 nitrogen and oxygen atoms in total. The molecule has 14 heavy (non-hydrogen) atoms. The van der Waals surface area contributed by atoms with Crippen LogP contribution in [0.5, 0.6) is 0 Å². The Labute approximate surface area is 88.1 Å². The molecule has 0 aromatic heterocycles. The third-order valence-electron chi connectivity index (χ3n) is 3.93. The molecule has 2 heteroatoms. The van der Waals surface area contributed by atoms with E-state index >= 15 is 0 Å². The van der Waals surface area contributed by atoms with E-state index in [1.807, 2.05) is 0 Å². The fraction of sp³-hybridized carbons (Fsp3) is 1.00. The maximum atomic E-state index is 10.1. The number of aliphatic hydroxyl groups is 1. The van der Waals surface area contributed by atoms with Gasteiger partial charge in [0.25, 0.3) is 0 Å². The standard InChI is InChI=1S/C12H25NO/c1-4-12(14,5-2)9-13-10(3)11-7-6-8-11/h10-11,13-14H,4-9H2,1-3H3. The quantitative estimate of drug-likeness (QED) is 0.688. The van der Waals surface area contributed by atoms with E-state index in [9.17, 15) is 5.11 Å². The highest BCUT2D eigenvalue weighted by Crippen LogP contribution is 2.29. The summed E-state index contributed by atoms with van der Waals surface area (Å²) in [5, 5.41) is 13.6. The molecule has 2 N–H and O–H groups in total. The molecule has 1 fully saturated rings. The second kappa shape index (κ2) is 5.13. The van der Waals surface area contributed by atoms with Crippen molar-refractivity contribution in [2.24, 2.45) is 5.92 Å². The predicted octanol–water partition coefficient (Wildman–Crippen LogP) is 2.32. The average Bonchev–Trinajstić information content (AvgIpc) is 2.11. The van der Waals surface area contributed by atoms with Gasteiger partial charge in [-0.05, 0) is 38.5 Å². The second-order valence-electron chi connectivity index (χ2n) is 4.79. The molecule has 1 unspecified atom stereocenters. The van der Waals surface area contributed by atoms with Crippen LogP contribution in [0.2, 0.25) is 0 Å². The lowest BCUT2D eigenvalue weighted by molar-refractivity contribution is 0.0266. The summed E-state index contributed by atoms with van der Waals surface area (Å²) in [6.45, 7) is 7.10. The van der Waals surface area contributed by atoms with E-state index in [4.69, 9.17) is 0 Å². The molecule has 1 atom stereocenters. The minimum Gasteiger partial charge on any atom is -0.389 e. The topological polar surface area (TPSA) is 32.3 Å². The maximum Gasteiger partial charge on any atom is 0.0766 e. The van der Waals surface area contributed by atoms with Gasteiger partial charge in [-0.1, -0.05) is 20.3 Å². The first-order chi connectivity index (χ1) is 6.61. The molecule has 1 rings (SSSR count). The van der Waals surface area contributed by atoms with E-state index in [0.717, 1.165) is 25.3 Å². The van der Waals surface area contributed by atoms with Crippen molar-refractivity contribution >= 4 is 0 Å². The molecular formula is C12H25NO. The van der Waals surface area contributed by atoms with Crippen molar-refractivity contribution in [3.63, 3.8) is 0 Å². The lowest BCUT2D eigenvalue weighted by atomic mass is 9.80. The highest BCUT2D eigenvalue weighted by molar-refractivity contribution is 4.84. The Morgan fingerprint density at radius 3 is 2.29 bits per heavy atom. The van der Waals surface area contributed by atoms with E-state index in [2.05, 4.69) is 26.1 Å². The molecule has 0 aromatic rings. The summed E-state index contributed by atoms with van der Waals surface area (Å²) < 4.78 is 0. The molecule has 0 saturated heterocycles. The fourth-order valence-corrected chi connectivity index (χ4v) is 1.96. The van der Waals surface area contributed by atoms with Gasteiger partial charge < -0.3 is 10.4 Å². The number of rotatable bonds is 6. The van der Waals surface area contributed by atoms with Crippen LogP contribution < -0.4 is 5.32 Å². The molecule has 0 amide bonds. The SMILES string of the molecule is CCC(O)(CC)CNC(C)C1CCC1. The first-order valence-electron chi connectivity index (χ1n) is 6.07. The van der Waals surface area contributed by atoms with Crippen LogP contribution in [0.3, 0.4) is 0 Å². The van der Waals surface area contributed by atoms with Gasteiger partial charge in [-0.2, -0.15) is 0 Å². The first kappa shape index (κ1) is 12.0. The Kier molecular flexibility index (Phi) is 4.39. The molecule has 1 aliphatic rings. The Bertz CT molecular complexity index is 162. The van der Waals surface area contributed by atoms with Crippen molar-refractivity contribution in [2.45, 2.75) is 64.5 Å². The van der Waals surface area contributed by atoms with Gasteiger partial charge in [0, 0.05) is 12.6 Å². The number of nitrogens with one attached hydrogen (secondary N) is 1. The van der Waals surface area contributed by atoms with Crippen LogP contribution in [0.15, 0.2) is 0 Å². The molecule has 0 spiro atoms. The third kappa shape index (κ3) is 2.96. The number of hydrogen-bond acceptors (Lipinski definition) is 2. The smallest absolute Gasteiger partial charge is 0.0766 e. The van der Waals surface area contributed by atoms with Crippen LogP contribution in [-0.4, -0.2) is 23.3 Å². The summed E-state index contributed by atoms with van der Waals surface area (Å²) in [6.07, 6.45) is 5.81. The monoisotopic (exact) mass is 199 g/mol. The Morgan fingerprint density at radius 2 is 1.93 bits per heavy atom. The summed E-state index contributed by atoms with van der Waals surface area (Å²) in [5.74, 6) is 0.855. The maximum absolute atomic E-state index is 10.1. The molecule has 84 valence electrons. The molecular weight excluding hydrogens is 174 g/mol. The van der Waals surface area contributed by atoms with E-state index in [0.29, 0.717) is 6.04 Å². The summed E-state index contributed by atoms with van der Waals surface area (Å²) in [7, 11) is 0. The van der Waals surface area contributed by atoms with Gasteiger partial charge >= 0.3 is 0 Å². The van der Waals surface area contributed by atoms with Crippen molar-refractivity contribution in [2.75, 3.05) is 6.54 Å². The van der Waals surface area contributed by atoms with E-state index in [-0.39, 0.29) is 0 Å². The minimum absolute atomic E-state index is 0.488. The van der Waals surface area contributed by atoms with E-state index < -0.39 is 5.60 Å². The van der Waals surface area contributed by atoms with Crippen LogP contribution in [0.1, 0.15) is 52.9 Å². The second-order valence-corrected chi connectivity index (χ2v) is 4.79. The number of hydrogen-bond donors (Lipinski definition) is 2. The zero-order valence-electron chi connectivity index (χ0n) is 9.84. The Balaban J connectivity index is 2.23. The van der Waals surface area contributed by atoms with Gasteiger partial charge in [0.1, 0.15) is 0 Å². The Hall–Kier alpha value is -0.0800. The minimum atomic E-state index is -0.488. The van der Waals surface area contributed by atoms with Crippen LogP contribution in [0.4, 0.5) is 0 Å². The predicted molar refractivity (Wildman–Crippen MR) is 60.3 cm³/mol. The largest absolute Gasteiger partial charge is 0.389 e. The molecule has 0 bridgehead atoms. The highest BCUT2D eigenvalue weighted by atomic mass is 16.3. The van der Waals surface area contributed by atoms with Gasteiger partial charge in [-0.25, -0.2) is 0 Å². The van der Waals surface area contributed by atoms with Crippen LogP contribution in [0, 0.1) is 5.92 Å². The Morgan fingerprint density at radius 1 is 1.36 bits per heavy atom. The van der Waals surface area contributed by atoms with Crippen molar-refractivity contribution < 1.29 is 5.11 Å². The summed E-state index contributed by atoms with van der Waals surface area (Å²) in [6, 6.07) is 0.577. The van der Waals surface area contributed by atoms with Gasteiger partial charge in [0.2, 0.25) is 0 Å². The molecule has 1 saturated carbocycles. The zero-order chi connectivity index (χ0) is 10.6. The van der Waals surface area contributed by atoms with Gasteiger partial charge in [-0.15, -0.1) is 0 Å². The summed E-state index contributed by atoms with van der Waals surface area (Å²) in [5.41, 5.74) is -0.488. The molecule has 0 aliphatic heterocycles. The molecule has 0 aromatic carbocycles. The van der Waals surface area contributed by atoms with Gasteiger partial charge in [0.15, 0.2) is 0 Å². The zero-order valence-corrected chi connectivity index (χ0v) is 9.84. The lowest BCUT2D eigenvalue weighted by Crippen LogP contribution is -2.46. The van der Waals surface area contributed by atoms with Crippen molar-refractivity contribution in [1.82, 2.24) is 5.32 Å². The van der Waals surface area contributed by atoms with Crippen LogP contribution >= 0.6 is 0 Å². The normalized spacial score (nSPS) is 20.6. The summed E-state index contributed by atoms with van der Waals surface area (Å²) >= 11 is 0. The van der Waals surface area contributed by atoms with Gasteiger partial charge in [0.05, 0.1) is 5.60 Å². The van der Waals surface area contributed by atoms with Crippen molar-refractivity contribution in [3.05, 3.63) is 0 Å². The molecule has 0 heterocycles. The highest BCUT2D eigenvalue weighted by Gasteiger charge is 2.27. The van der Waals surface area contributed by atoms with E-state index in [1.54, 1.807) is 0 Å². The van der Waals surface area contributed by atoms with Crippen LogP contribution in [0.25, 0.3) is 0 Å². The lowest BCUT2D eigenvalue weighted by Gasteiger charge is -2.35. The third-order valence-corrected chi connectivity index (χ3v) is 3.93. The van der Waals surface area contributed by atoms with E-state index in [1.165, 1.54) is 19.3 Å².